The predicted octanol–water partition coefficient (Wildman–Crippen LogP) is 4.37. The molecule has 1 fully saturated rings. The third-order valence-electron chi connectivity index (χ3n) is 5.52. The molecule has 5 heteroatoms. The van der Waals surface area contributed by atoms with Gasteiger partial charge < -0.3 is 10.2 Å². The summed E-state index contributed by atoms with van der Waals surface area (Å²) in [7, 11) is 0. The number of amides is 2. The van der Waals surface area contributed by atoms with E-state index in [4.69, 9.17) is 0 Å². The predicted molar refractivity (Wildman–Crippen MR) is 107 cm³/mol. The molecule has 1 aliphatic rings. The molecule has 148 valence electrons. The van der Waals surface area contributed by atoms with Gasteiger partial charge in [0.05, 0.1) is 18.5 Å². The maximum Gasteiger partial charge on any atom is 0.225 e. The van der Waals surface area contributed by atoms with Gasteiger partial charge in [0, 0.05) is 13.5 Å². The average molecular weight is 382 g/mol. The molecule has 0 bridgehead atoms. The summed E-state index contributed by atoms with van der Waals surface area (Å²) < 4.78 is 13.3. The number of likely N-dealkylation sites (tertiary alicyclic amines) is 1. The van der Waals surface area contributed by atoms with Gasteiger partial charge in [-0.3, -0.25) is 9.59 Å². The van der Waals surface area contributed by atoms with Gasteiger partial charge in [0.2, 0.25) is 11.8 Å². The lowest BCUT2D eigenvalue weighted by atomic mass is 9.98. The minimum atomic E-state index is -0.466. The zero-order chi connectivity index (χ0) is 20.3. The van der Waals surface area contributed by atoms with Crippen LogP contribution in [0, 0.1) is 19.7 Å². The molecule has 2 aromatic rings. The van der Waals surface area contributed by atoms with Crippen molar-refractivity contribution < 1.29 is 14.0 Å². The second-order valence-corrected chi connectivity index (χ2v) is 7.60. The quantitative estimate of drug-likeness (QED) is 0.835. The summed E-state index contributed by atoms with van der Waals surface area (Å²) in [5.74, 6) is -0.552. The highest BCUT2D eigenvalue weighted by Crippen LogP contribution is 2.34. The van der Waals surface area contributed by atoms with E-state index in [0.29, 0.717) is 6.54 Å². The van der Waals surface area contributed by atoms with E-state index in [1.165, 1.54) is 30.2 Å². The minimum absolute atomic E-state index is 0.00352. The number of hydrogen-bond donors (Lipinski definition) is 1. The van der Waals surface area contributed by atoms with Gasteiger partial charge in [0.25, 0.3) is 0 Å². The van der Waals surface area contributed by atoms with Gasteiger partial charge in [-0.15, -0.1) is 0 Å². The molecular weight excluding hydrogens is 355 g/mol. The van der Waals surface area contributed by atoms with E-state index in [1.54, 1.807) is 12.1 Å². The Morgan fingerprint density at radius 1 is 1.14 bits per heavy atom. The van der Waals surface area contributed by atoms with Gasteiger partial charge in [0.15, 0.2) is 0 Å². The van der Waals surface area contributed by atoms with Crippen molar-refractivity contribution in [3.05, 3.63) is 70.5 Å². The van der Waals surface area contributed by atoms with Crippen molar-refractivity contribution in [2.24, 2.45) is 0 Å². The molecule has 2 atom stereocenters. The third-order valence-corrected chi connectivity index (χ3v) is 5.52. The molecule has 0 aromatic heterocycles. The Kier molecular flexibility index (Phi) is 6.12. The average Bonchev–Trinajstić information content (AvgIpc) is 3.13. The Morgan fingerprint density at radius 3 is 2.50 bits per heavy atom. The number of nitrogens with one attached hydrogen (secondary N) is 1. The molecule has 28 heavy (non-hydrogen) atoms. The van der Waals surface area contributed by atoms with Crippen LogP contribution in [-0.4, -0.2) is 23.3 Å². The lowest BCUT2D eigenvalue weighted by Gasteiger charge is -2.28. The van der Waals surface area contributed by atoms with Crippen molar-refractivity contribution in [3.8, 4) is 0 Å². The minimum Gasteiger partial charge on any atom is -0.349 e. The SMILES string of the molecule is CC(=O)N[C@H](CC(=O)N1CCC[C@@H]1c1ccc(C)c(C)c1)c1ccc(F)cc1. The van der Waals surface area contributed by atoms with Crippen LogP contribution < -0.4 is 5.32 Å². The summed E-state index contributed by atoms with van der Waals surface area (Å²) in [6.45, 7) is 6.31. The molecule has 0 aliphatic carbocycles. The molecule has 1 heterocycles. The number of rotatable bonds is 5. The highest BCUT2D eigenvalue weighted by Gasteiger charge is 2.31. The molecule has 0 saturated carbocycles. The summed E-state index contributed by atoms with van der Waals surface area (Å²) in [6.07, 6.45) is 2.06. The lowest BCUT2D eigenvalue weighted by Crippen LogP contribution is -2.35. The molecule has 0 radical (unpaired) electrons. The monoisotopic (exact) mass is 382 g/mol. The Labute approximate surface area is 165 Å². The lowest BCUT2D eigenvalue weighted by molar-refractivity contribution is -0.133. The van der Waals surface area contributed by atoms with E-state index in [1.807, 2.05) is 4.90 Å². The van der Waals surface area contributed by atoms with E-state index in [9.17, 15) is 14.0 Å². The van der Waals surface area contributed by atoms with Crippen LogP contribution in [0.25, 0.3) is 0 Å². The fourth-order valence-corrected chi connectivity index (χ4v) is 3.87. The Bertz CT molecular complexity index is 863. The van der Waals surface area contributed by atoms with Crippen LogP contribution in [0.5, 0.6) is 0 Å². The van der Waals surface area contributed by atoms with Crippen molar-refractivity contribution in [2.75, 3.05) is 6.54 Å². The normalized spacial score (nSPS) is 17.4. The number of carbonyl (C=O) groups is 2. The number of nitrogens with zero attached hydrogens (tertiary/aromatic N) is 1. The summed E-state index contributed by atoms with van der Waals surface area (Å²) in [5.41, 5.74) is 4.35. The highest BCUT2D eigenvalue weighted by atomic mass is 19.1. The van der Waals surface area contributed by atoms with E-state index >= 15 is 0 Å². The number of aryl methyl sites for hydroxylation is 2. The second-order valence-electron chi connectivity index (χ2n) is 7.60. The number of benzene rings is 2. The van der Waals surface area contributed by atoms with E-state index in [-0.39, 0.29) is 30.1 Å². The van der Waals surface area contributed by atoms with Gasteiger partial charge in [-0.1, -0.05) is 30.3 Å². The zero-order valence-corrected chi connectivity index (χ0v) is 16.7. The Balaban J connectivity index is 1.78. The summed E-state index contributed by atoms with van der Waals surface area (Å²) in [4.78, 5) is 26.7. The smallest absolute Gasteiger partial charge is 0.225 e. The van der Waals surface area contributed by atoms with Crippen LogP contribution >= 0.6 is 0 Å². The van der Waals surface area contributed by atoms with Crippen molar-refractivity contribution in [1.29, 1.82) is 0 Å². The van der Waals surface area contributed by atoms with Gasteiger partial charge in [-0.05, 0) is 61.1 Å². The van der Waals surface area contributed by atoms with Crippen LogP contribution in [0.3, 0.4) is 0 Å². The van der Waals surface area contributed by atoms with E-state index in [2.05, 4.69) is 37.4 Å². The summed E-state index contributed by atoms with van der Waals surface area (Å²) in [6, 6.07) is 11.9. The maximum atomic E-state index is 13.3. The molecule has 1 saturated heterocycles. The van der Waals surface area contributed by atoms with Crippen molar-refractivity contribution >= 4 is 11.8 Å². The molecule has 0 unspecified atom stereocenters. The molecule has 1 N–H and O–H groups in total. The van der Waals surface area contributed by atoms with Crippen LogP contribution in [0.4, 0.5) is 4.39 Å². The molecule has 2 amide bonds. The first-order valence-electron chi connectivity index (χ1n) is 9.74. The number of halogens is 1. The maximum absolute atomic E-state index is 13.3. The van der Waals surface area contributed by atoms with E-state index in [0.717, 1.165) is 24.0 Å². The Morgan fingerprint density at radius 2 is 1.86 bits per heavy atom. The molecular formula is C23H27FN2O2. The molecule has 2 aromatic carbocycles. The second kappa shape index (κ2) is 8.55. The van der Waals surface area contributed by atoms with Crippen LogP contribution in [0.15, 0.2) is 42.5 Å². The van der Waals surface area contributed by atoms with Crippen molar-refractivity contribution in [2.45, 2.75) is 52.1 Å². The zero-order valence-electron chi connectivity index (χ0n) is 16.7. The standard InChI is InChI=1S/C23H27FN2O2/c1-15-6-7-19(13-16(15)2)22-5-4-12-26(22)23(28)14-21(25-17(3)27)18-8-10-20(24)11-9-18/h6-11,13,21-22H,4-5,12,14H2,1-3H3,(H,25,27)/t21-,22-/m1/s1. The fourth-order valence-electron chi connectivity index (χ4n) is 3.87. The van der Waals surface area contributed by atoms with Crippen molar-refractivity contribution in [3.63, 3.8) is 0 Å². The molecule has 4 nitrogen and oxygen atoms in total. The van der Waals surface area contributed by atoms with Gasteiger partial charge in [-0.2, -0.15) is 0 Å². The van der Waals surface area contributed by atoms with Crippen LogP contribution in [-0.2, 0) is 9.59 Å². The molecule has 0 spiro atoms. The van der Waals surface area contributed by atoms with Gasteiger partial charge in [0.1, 0.15) is 5.82 Å². The molecule has 1 aliphatic heterocycles. The summed E-state index contributed by atoms with van der Waals surface area (Å²) in [5, 5.41) is 2.83. The summed E-state index contributed by atoms with van der Waals surface area (Å²) >= 11 is 0. The van der Waals surface area contributed by atoms with Crippen LogP contribution in [0.1, 0.15) is 60.5 Å². The largest absolute Gasteiger partial charge is 0.349 e. The van der Waals surface area contributed by atoms with Crippen molar-refractivity contribution in [1.82, 2.24) is 10.2 Å². The third kappa shape index (κ3) is 4.58. The number of carbonyl (C=O) groups excluding carboxylic acids is 2. The van der Waals surface area contributed by atoms with Gasteiger partial charge in [-0.25, -0.2) is 4.39 Å². The fraction of sp³-hybridized carbons (Fsp3) is 0.391. The number of hydrogen-bond acceptors (Lipinski definition) is 2. The molecule has 3 rings (SSSR count). The van der Waals surface area contributed by atoms with E-state index < -0.39 is 6.04 Å². The van der Waals surface area contributed by atoms with Crippen LogP contribution in [0.2, 0.25) is 0 Å². The highest BCUT2D eigenvalue weighted by molar-refractivity contribution is 5.80. The topological polar surface area (TPSA) is 49.4 Å². The first-order chi connectivity index (χ1) is 13.3. The first kappa shape index (κ1) is 20.1. The Hall–Kier alpha value is -2.69. The van der Waals surface area contributed by atoms with Gasteiger partial charge >= 0.3 is 0 Å². The first-order valence-corrected chi connectivity index (χ1v) is 9.74.